The summed E-state index contributed by atoms with van der Waals surface area (Å²) in [6, 6.07) is 4.79. The Morgan fingerprint density at radius 2 is 2.08 bits per heavy atom. The summed E-state index contributed by atoms with van der Waals surface area (Å²) < 4.78 is 5.52. The minimum atomic E-state index is -0.353. The highest BCUT2D eigenvalue weighted by Crippen LogP contribution is 2.26. The lowest BCUT2D eigenvalue weighted by Gasteiger charge is -2.17. The molecule has 3 rings (SSSR count). The molecule has 7 nitrogen and oxygen atoms in total. The number of rotatable bonds is 6. The van der Waals surface area contributed by atoms with Crippen molar-refractivity contribution in [3.8, 4) is 0 Å². The molecule has 0 bridgehead atoms. The minimum absolute atomic E-state index is 0.0898. The van der Waals surface area contributed by atoms with E-state index in [1.54, 1.807) is 12.1 Å². The van der Waals surface area contributed by atoms with Gasteiger partial charge in [-0.05, 0) is 45.0 Å². The molecule has 134 valence electrons. The second kappa shape index (κ2) is 7.33. The Bertz CT molecular complexity index is 698. The van der Waals surface area contributed by atoms with Crippen molar-refractivity contribution < 1.29 is 19.1 Å². The zero-order valence-electron chi connectivity index (χ0n) is 14.5. The summed E-state index contributed by atoms with van der Waals surface area (Å²) in [7, 11) is 1.82. The fourth-order valence-corrected chi connectivity index (χ4v) is 3.04. The third-order valence-electron chi connectivity index (χ3n) is 4.70. The molecule has 2 N–H and O–H groups in total. The summed E-state index contributed by atoms with van der Waals surface area (Å²) in [4.78, 5) is 38.5. The molecule has 7 heteroatoms. The van der Waals surface area contributed by atoms with Crippen LogP contribution in [0.25, 0.3) is 0 Å². The second-order valence-electron chi connectivity index (χ2n) is 6.52. The molecule has 0 spiro atoms. The van der Waals surface area contributed by atoms with Gasteiger partial charge in [0.25, 0.3) is 17.7 Å². The minimum Gasteiger partial charge on any atom is -0.376 e. The van der Waals surface area contributed by atoms with Gasteiger partial charge in [-0.1, -0.05) is 0 Å². The van der Waals surface area contributed by atoms with Crippen LogP contribution in [0.5, 0.6) is 0 Å². The molecule has 2 atom stereocenters. The number of amides is 3. The SMILES string of the molecule is CNC(C)CNC(=O)c1ccc2c(c1)C(=O)N(CC1CCCO1)C2=O. The maximum absolute atomic E-state index is 12.6. The number of nitrogens with one attached hydrogen (secondary N) is 2. The monoisotopic (exact) mass is 345 g/mol. The van der Waals surface area contributed by atoms with Gasteiger partial charge in [-0.3, -0.25) is 19.3 Å². The highest BCUT2D eigenvalue weighted by Gasteiger charge is 2.37. The lowest BCUT2D eigenvalue weighted by atomic mass is 10.1. The quantitative estimate of drug-likeness (QED) is 0.745. The largest absolute Gasteiger partial charge is 0.376 e. The summed E-state index contributed by atoms with van der Waals surface area (Å²) in [5, 5.41) is 5.84. The molecule has 0 saturated carbocycles. The Labute approximate surface area is 146 Å². The second-order valence-corrected chi connectivity index (χ2v) is 6.52. The summed E-state index contributed by atoms with van der Waals surface area (Å²) >= 11 is 0. The van der Waals surface area contributed by atoms with Gasteiger partial charge in [0.1, 0.15) is 0 Å². The molecule has 3 amide bonds. The zero-order chi connectivity index (χ0) is 18.0. The van der Waals surface area contributed by atoms with E-state index in [2.05, 4.69) is 10.6 Å². The van der Waals surface area contributed by atoms with Crippen molar-refractivity contribution in [1.29, 1.82) is 0 Å². The van der Waals surface area contributed by atoms with Gasteiger partial charge in [0, 0.05) is 24.8 Å². The average molecular weight is 345 g/mol. The summed E-state index contributed by atoms with van der Waals surface area (Å²) in [6.45, 7) is 3.37. The van der Waals surface area contributed by atoms with E-state index >= 15 is 0 Å². The van der Waals surface area contributed by atoms with Crippen molar-refractivity contribution in [3.63, 3.8) is 0 Å². The van der Waals surface area contributed by atoms with E-state index in [4.69, 9.17) is 4.74 Å². The number of carbonyl (C=O) groups is 3. The van der Waals surface area contributed by atoms with E-state index in [0.717, 1.165) is 12.8 Å². The molecular weight excluding hydrogens is 322 g/mol. The van der Waals surface area contributed by atoms with Crippen LogP contribution in [0.3, 0.4) is 0 Å². The predicted octanol–water partition coefficient (Wildman–Crippen LogP) is 0.799. The third kappa shape index (κ3) is 3.57. The smallest absolute Gasteiger partial charge is 0.261 e. The van der Waals surface area contributed by atoms with E-state index in [9.17, 15) is 14.4 Å². The summed E-state index contributed by atoms with van der Waals surface area (Å²) in [6.07, 6.45) is 1.71. The van der Waals surface area contributed by atoms with Crippen molar-refractivity contribution >= 4 is 17.7 Å². The van der Waals surface area contributed by atoms with Crippen molar-refractivity contribution in [2.45, 2.75) is 31.9 Å². The first-order valence-electron chi connectivity index (χ1n) is 8.58. The van der Waals surface area contributed by atoms with E-state index < -0.39 is 0 Å². The van der Waals surface area contributed by atoms with Gasteiger partial charge >= 0.3 is 0 Å². The fourth-order valence-electron chi connectivity index (χ4n) is 3.04. The van der Waals surface area contributed by atoms with Crippen LogP contribution in [0.2, 0.25) is 0 Å². The zero-order valence-corrected chi connectivity index (χ0v) is 14.5. The number of benzene rings is 1. The number of imide groups is 1. The molecular formula is C18H23N3O4. The summed E-state index contributed by atoms with van der Waals surface area (Å²) in [5.74, 6) is -0.928. The number of hydrogen-bond acceptors (Lipinski definition) is 5. The first-order chi connectivity index (χ1) is 12.0. The first kappa shape index (κ1) is 17.6. The molecule has 1 aromatic rings. The van der Waals surface area contributed by atoms with Crippen molar-refractivity contribution in [2.75, 3.05) is 26.7 Å². The van der Waals surface area contributed by atoms with Gasteiger partial charge in [-0.15, -0.1) is 0 Å². The summed E-state index contributed by atoms with van der Waals surface area (Å²) in [5.41, 5.74) is 1.02. The van der Waals surface area contributed by atoms with Crippen LogP contribution in [0.15, 0.2) is 18.2 Å². The Morgan fingerprint density at radius 3 is 2.76 bits per heavy atom. The first-order valence-corrected chi connectivity index (χ1v) is 8.58. The predicted molar refractivity (Wildman–Crippen MR) is 91.6 cm³/mol. The third-order valence-corrected chi connectivity index (χ3v) is 4.70. The van der Waals surface area contributed by atoms with Gasteiger partial charge in [-0.2, -0.15) is 0 Å². The Balaban J connectivity index is 1.73. The van der Waals surface area contributed by atoms with Crippen LogP contribution in [0, 0.1) is 0 Å². The number of carbonyl (C=O) groups excluding carboxylic acids is 3. The van der Waals surface area contributed by atoms with Crippen LogP contribution in [-0.2, 0) is 4.74 Å². The average Bonchev–Trinajstić information content (AvgIpc) is 3.22. The molecule has 0 aliphatic carbocycles. The van der Waals surface area contributed by atoms with Gasteiger partial charge < -0.3 is 15.4 Å². The lowest BCUT2D eigenvalue weighted by Crippen LogP contribution is -2.37. The molecule has 25 heavy (non-hydrogen) atoms. The van der Waals surface area contributed by atoms with Crippen LogP contribution < -0.4 is 10.6 Å². The highest BCUT2D eigenvalue weighted by atomic mass is 16.5. The number of likely N-dealkylation sites (N-methyl/N-ethyl adjacent to an activating group) is 1. The van der Waals surface area contributed by atoms with Crippen LogP contribution in [0.4, 0.5) is 0 Å². The van der Waals surface area contributed by atoms with Crippen LogP contribution in [0.1, 0.15) is 50.8 Å². The van der Waals surface area contributed by atoms with E-state index in [1.807, 2.05) is 14.0 Å². The van der Waals surface area contributed by atoms with Crippen molar-refractivity contribution in [2.24, 2.45) is 0 Å². The van der Waals surface area contributed by atoms with Crippen molar-refractivity contribution in [1.82, 2.24) is 15.5 Å². The fraction of sp³-hybridized carbons (Fsp3) is 0.500. The molecule has 1 fully saturated rings. The molecule has 2 unspecified atom stereocenters. The number of ether oxygens (including phenoxy) is 1. The van der Waals surface area contributed by atoms with Gasteiger partial charge in [-0.25, -0.2) is 0 Å². The topological polar surface area (TPSA) is 87.7 Å². The maximum Gasteiger partial charge on any atom is 0.261 e. The Hall–Kier alpha value is -2.25. The number of fused-ring (bicyclic) bond motifs is 1. The normalized spacial score (nSPS) is 20.7. The van der Waals surface area contributed by atoms with Gasteiger partial charge in [0.2, 0.25) is 0 Å². The van der Waals surface area contributed by atoms with Crippen LogP contribution in [-0.4, -0.2) is 61.5 Å². The molecule has 0 radical (unpaired) electrons. The Kier molecular flexibility index (Phi) is 5.15. The van der Waals surface area contributed by atoms with Crippen LogP contribution >= 0.6 is 0 Å². The Morgan fingerprint density at radius 1 is 1.32 bits per heavy atom. The molecule has 2 aliphatic heterocycles. The molecule has 1 aromatic carbocycles. The number of hydrogen-bond donors (Lipinski definition) is 2. The molecule has 2 aliphatic rings. The van der Waals surface area contributed by atoms with Gasteiger partial charge in [0.15, 0.2) is 0 Å². The maximum atomic E-state index is 12.6. The van der Waals surface area contributed by atoms with Gasteiger partial charge in [0.05, 0.1) is 23.8 Å². The van der Waals surface area contributed by atoms with E-state index in [-0.39, 0.29) is 42.0 Å². The number of nitrogens with zero attached hydrogens (tertiary/aromatic N) is 1. The molecule has 2 heterocycles. The van der Waals surface area contributed by atoms with E-state index in [1.165, 1.54) is 11.0 Å². The lowest BCUT2D eigenvalue weighted by molar-refractivity contribution is 0.0475. The molecule has 1 saturated heterocycles. The highest BCUT2D eigenvalue weighted by molar-refractivity contribution is 6.22. The van der Waals surface area contributed by atoms with E-state index in [0.29, 0.717) is 24.3 Å². The van der Waals surface area contributed by atoms with Crippen molar-refractivity contribution in [3.05, 3.63) is 34.9 Å². The standard InChI is InChI=1S/C18H23N3O4/c1-11(19-2)9-20-16(22)12-5-6-14-15(8-12)18(24)21(17(14)23)10-13-4-3-7-25-13/h5-6,8,11,13,19H,3-4,7,9-10H2,1-2H3,(H,20,22). The molecule has 0 aromatic heterocycles.